The molecular formula is C19H17N3O2S3. The van der Waals surface area contributed by atoms with Crippen LogP contribution in [0.15, 0.2) is 38.4 Å². The van der Waals surface area contributed by atoms with Crippen LogP contribution in [0.3, 0.4) is 0 Å². The van der Waals surface area contributed by atoms with E-state index in [1.807, 2.05) is 43.0 Å². The number of nitriles is 1. The van der Waals surface area contributed by atoms with Gasteiger partial charge in [-0.15, -0.1) is 23.1 Å². The van der Waals surface area contributed by atoms with Crippen LogP contribution in [-0.4, -0.2) is 27.7 Å². The number of hydrogen-bond donors (Lipinski definition) is 0. The number of fused-ring (bicyclic) bond motifs is 3. The van der Waals surface area contributed by atoms with E-state index in [1.54, 1.807) is 23.0 Å². The van der Waals surface area contributed by atoms with Gasteiger partial charge in [0.1, 0.15) is 10.6 Å². The van der Waals surface area contributed by atoms with Crippen molar-refractivity contribution in [3.63, 3.8) is 0 Å². The van der Waals surface area contributed by atoms with Gasteiger partial charge < -0.3 is 4.74 Å². The van der Waals surface area contributed by atoms with Gasteiger partial charge in [0.15, 0.2) is 5.16 Å². The van der Waals surface area contributed by atoms with Gasteiger partial charge in [0.05, 0.1) is 33.7 Å². The molecule has 0 spiro atoms. The summed E-state index contributed by atoms with van der Waals surface area (Å²) in [5.74, 6) is 1.81. The maximum Gasteiger partial charge on any atom is 0.267 e. The first-order valence-electron chi connectivity index (χ1n) is 8.54. The zero-order valence-electron chi connectivity index (χ0n) is 14.9. The topological polar surface area (TPSA) is 67.9 Å². The van der Waals surface area contributed by atoms with Crippen LogP contribution in [0.1, 0.15) is 18.9 Å². The van der Waals surface area contributed by atoms with E-state index in [0.717, 1.165) is 45.8 Å². The SMILES string of the molecule is COc1ccc(-n2c(S[C@H](C)C#N)nc3sc4c(c3c2=O)CCCS4)cc1. The summed E-state index contributed by atoms with van der Waals surface area (Å²) in [6.45, 7) is 1.81. The van der Waals surface area contributed by atoms with E-state index in [-0.39, 0.29) is 10.8 Å². The lowest BCUT2D eigenvalue weighted by Crippen LogP contribution is -2.22. The Bertz CT molecular complexity index is 1100. The van der Waals surface area contributed by atoms with Crippen molar-refractivity contribution in [2.24, 2.45) is 0 Å². The van der Waals surface area contributed by atoms with E-state index in [0.29, 0.717) is 5.16 Å². The summed E-state index contributed by atoms with van der Waals surface area (Å²) in [4.78, 5) is 19.1. The third kappa shape index (κ3) is 3.35. The van der Waals surface area contributed by atoms with Crippen molar-refractivity contribution in [3.8, 4) is 17.5 Å². The minimum atomic E-state index is -0.303. The van der Waals surface area contributed by atoms with Gasteiger partial charge in [0.2, 0.25) is 0 Å². The Morgan fingerprint density at radius 1 is 1.37 bits per heavy atom. The van der Waals surface area contributed by atoms with Crippen LogP contribution in [0, 0.1) is 11.3 Å². The molecule has 2 aromatic heterocycles. The number of nitrogens with zero attached hydrogens (tertiary/aromatic N) is 3. The van der Waals surface area contributed by atoms with E-state index in [9.17, 15) is 10.1 Å². The molecule has 0 saturated heterocycles. The lowest BCUT2D eigenvalue weighted by molar-refractivity contribution is 0.414. The standard InChI is InChI=1S/C19H17N3O2S3/c1-11(10-20)26-19-21-16-15(14-4-3-9-25-18(14)27-16)17(23)22(19)12-5-7-13(24-2)8-6-12/h5-8,11H,3-4,9H2,1-2H3/t11-/m1/s1. The summed E-state index contributed by atoms with van der Waals surface area (Å²) in [5.41, 5.74) is 1.81. The number of aryl methyl sites for hydroxylation is 1. The summed E-state index contributed by atoms with van der Waals surface area (Å²) in [5, 5.41) is 10.2. The predicted octanol–water partition coefficient (Wildman–Crippen LogP) is 4.50. The maximum absolute atomic E-state index is 13.5. The second-order valence-corrected chi connectivity index (χ2v) is 9.79. The Morgan fingerprint density at radius 2 is 2.15 bits per heavy atom. The lowest BCUT2D eigenvalue weighted by atomic mass is 10.1. The number of hydrogen-bond acceptors (Lipinski definition) is 7. The van der Waals surface area contributed by atoms with Gasteiger partial charge in [-0.25, -0.2) is 4.98 Å². The molecular weight excluding hydrogens is 398 g/mol. The van der Waals surface area contributed by atoms with Crippen LogP contribution in [0.4, 0.5) is 0 Å². The third-order valence-corrected chi connectivity index (χ3v) is 7.82. The molecule has 0 N–H and O–H groups in total. The molecule has 1 aromatic carbocycles. The molecule has 0 fully saturated rings. The van der Waals surface area contributed by atoms with Gasteiger partial charge in [-0.3, -0.25) is 9.36 Å². The van der Waals surface area contributed by atoms with Gasteiger partial charge in [-0.1, -0.05) is 11.8 Å². The zero-order valence-corrected chi connectivity index (χ0v) is 17.3. The minimum absolute atomic E-state index is 0.0576. The Morgan fingerprint density at radius 3 is 2.85 bits per heavy atom. The quantitative estimate of drug-likeness (QED) is 0.462. The van der Waals surface area contributed by atoms with Gasteiger partial charge >= 0.3 is 0 Å². The predicted molar refractivity (Wildman–Crippen MR) is 112 cm³/mol. The molecule has 3 heterocycles. The first-order chi connectivity index (χ1) is 13.1. The molecule has 8 heteroatoms. The molecule has 3 aromatic rings. The molecule has 0 amide bonds. The Labute approximate surface area is 169 Å². The van der Waals surface area contributed by atoms with Crippen molar-refractivity contribution in [2.45, 2.75) is 34.4 Å². The number of benzene rings is 1. The molecule has 1 aliphatic heterocycles. The molecule has 0 saturated carbocycles. The first kappa shape index (κ1) is 18.4. The number of methoxy groups -OCH3 is 1. The highest BCUT2D eigenvalue weighted by Gasteiger charge is 2.24. The smallest absolute Gasteiger partial charge is 0.267 e. The van der Waals surface area contributed by atoms with Gasteiger partial charge in [-0.05, 0) is 55.3 Å². The number of aromatic nitrogens is 2. The van der Waals surface area contributed by atoms with Crippen molar-refractivity contribution < 1.29 is 4.74 Å². The summed E-state index contributed by atoms with van der Waals surface area (Å²) >= 11 is 4.71. The lowest BCUT2D eigenvalue weighted by Gasteiger charge is -2.14. The van der Waals surface area contributed by atoms with Crippen molar-refractivity contribution >= 4 is 45.1 Å². The number of rotatable bonds is 4. The number of ether oxygens (including phenoxy) is 1. The van der Waals surface area contributed by atoms with Crippen LogP contribution >= 0.6 is 34.9 Å². The molecule has 0 unspecified atom stereocenters. The number of thiophene rings is 1. The molecule has 4 rings (SSSR count). The Hall–Kier alpha value is -1.95. The maximum atomic E-state index is 13.5. The van der Waals surface area contributed by atoms with Crippen LogP contribution in [0.25, 0.3) is 15.9 Å². The van der Waals surface area contributed by atoms with Gasteiger partial charge in [0, 0.05) is 0 Å². The van der Waals surface area contributed by atoms with E-state index in [2.05, 4.69) is 6.07 Å². The summed E-state index contributed by atoms with van der Waals surface area (Å²) in [6.07, 6.45) is 2.00. The second kappa shape index (κ2) is 7.58. The monoisotopic (exact) mass is 415 g/mol. The molecule has 27 heavy (non-hydrogen) atoms. The summed E-state index contributed by atoms with van der Waals surface area (Å²) in [6, 6.07) is 9.57. The molecule has 1 aliphatic rings. The molecule has 0 radical (unpaired) electrons. The number of thioether (sulfide) groups is 2. The van der Waals surface area contributed by atoms with Gasteiger partial charge in [0.25, 0.3) is 5.56 Å². The molecule has 138 valence electrons. The van der Waals surface area contributed by atoms with E-state index in [1.165, 1.54) is 16.0 Å². The molecule has 0 bridgehead atoms. The largest absolute Gasteiger partial charge is 0.497 e. The summed E-state index contributed by atoms with van der Waals surface area (Å²) < 4.78 is 8.06. The van der Waals surface area contributed by atoms with Gasteiger partial charge in [-0.2, -0.15) is 5.26 Å². The highest BCUT2D eigenvalue weighted by Crippen LogP contribution is 2.41. The van der Waals surface area contributed by atoms with E-state index < -0.39 is 0 Å². The van der Waals surface area contributed by atoms with Crippen LogP contribution in [0.5, 0.6) is 5.75 Å². The Balaban J connectivity index is 1.97. The molecule has 5 nitrogen and oxygen atoms in total. The van der Waals surface area contributed by atoms with Crippen molar-refractivity contribution in [1.82, 2.24) is 9.55 Å². The zero-order chi connectivity index (χ0) is 19.0. The Kier molecular flexibility index (Phi) is 5.17. The normalized spacial score (nSPS) is 14.6. The molecule has 0 aliphatic carbocycles. The minimum Gasteiger partial charge on any atom is -0.497 e. The first-order valence-corrected chi connectivity index (χ1v) is 11.2. The fourth-order valence-electron chi connectivity index (χ4n) is 3.05. The van der Waals surface area contributed by atoms with Crippen LogP contribution in [0.2, 0.25) is 0 Å². The average molecular weight is 416 g/mol. The van der Waals surface area contributed by atoms with Crippen molar-refractivity contribution in [3.05, 3.63) is 40.2 Å². The van der Waals surface area contributed by atoms with Crippen molar-refractivity contribution in [1.29, 1.82) is 5.26 Å². The third-order valence-electron chi connectivity index (χ3n) is 4.36. The van der Waals surface area contributed by atoms with E-state index >= 15 is 0 Å². The van der Waals surface area contributed by atoms with Crippen LogP contribution < -0.4 is 10.3 Å². The fourth-order valence-corrected chi connectivity index (χ4v) is 6.43. The van der Waals surface area contributed by atoms with Crippen LogP contribution in [-0.2, 0) is 6.42 Å². The van der Waals surface area contributed by atoms with Crippen molar-refractivity contribution in [2.75, 3.05) is 12.9 Å². The summed E-state index contributed by atoms with van der Waals surface area (Å²) in [7, 11) is 1.61. The molecule has 1 atom stereocenters. The fraction of sp³-hybridized carbons (Fsp3) is 0.316. The van der Waals surface area contributed by atoms with E-state index in [4.69, 9.17) is 9.72 Å². The highest BCUT2D eigenvalue weighted by molar-refractivity contribution is 8.01. The highest BCUT2D eigenvalue weighted by atomic mass is 32.2. The second-order valence-electron chi connectivity index (χ2n) is 6.12. The average Bonchev–Trinajstić information content (AvgIpc) is 3.06.